The maximum Gasteiger partial charge on any atom is 0.266 e. The molecule has 5 aromatic rings. The number of hydrogen-bond donors (Lipinski definition) is 0. The van der Waals surface area contributed by atoms with Gasteiger partial charge in [-0.1, -0.05) is 24.3 Å². The zero-order chi connectivity index (χ0) is 22.2. The van der Waals surface area contributed by atoms with Crippen molar-refractivity contribution in [3.05, 3.63) is 98.2 Å². The van der Waals surface area contributed by atoms with Crippen LogP contribution in [0.15, 0.2) is 77.7 Å². The molecular formula is C26H20IN3O2. The average molecular weight is 533 g/mol. The Morgan fingerprint density at radius 1 is 0.969 bits per heavy atom. The molecule has 6 heteroatoms. The standard InChI is InChI=1S/C26H20IN3O2/c1-29-16-17(21-8-3-4-9-24(21)29)10-13-25-28-23-12-11-18(27)14-22(23)26(31)30(25)19-6-5-7-20(15-19)32-2/h3-16H,1-2H3/b13-10+. The van der Waals surface area contributed by atoms with Gasteiger partial charge in [0.25, 0.3) is 5.56 Å². The van der Waals surface area contributed by atoms with E-state index in [1.807, 2.05) is 73.8 Å². The summed E-state index contributed by atoms with van der Waals surface area (Å²) < 4.78 is 10.1. The van der Waals surface area contributed by atoms with Crippen molar-refractivity contribution in [3.8, 4) is 11.4 Å². The predicted molar refractivity (Wildman–Crippen MR) is 138 cm³/mol. The summed E-state index contributed by atoms with van der Waals surface area (Å²) in [4.78, 5) is 18.4. The van der Waals surface area contributed by atoms with Crippen LogP contribution in [0.2, 0.25) is 0 Å². The third-order valence-electron chi connectivity index (χ3n) is 5.51. The van der Waals surface area contributed by atoms with Crippen LogP contribution in [0.4, 0.5) is 0 Å². The number of aryl methyl sites for hydroxylation is 1. The van der Waals surface area contributed by atoms with Gasteiger partial charge in [-0.3, -0.25) is 9.36 Å². The number of hydrogen-bond acceptors (Lipinski definition) is 3. The Labute approximate surface area is 198 Å². The van der Waals surface area contributed by atoms with Crippen LogP contribution >= 0.6 is 22.6 Å². The lowest BCUT2D eigenvalue weighted by molar-refractivity contribution is 0.414. The first-order chi connectivity index (χ1) is 15.5. The Balaban J connectivity index is 1.75. The summed E-state index contributed by atoms with van der Waals surface area (Å²) in [7, 11) is 3.64. The molecule has 3 aromatic carbocycles. The van der Waals surface area contributed by atoms with E-state index in [1.165, 1.54) is 0 Å². The molecular weight excluding hydrogens is 513 g/mol. The lowest BCUT2D eigenvalue weighted by Gasteiger charge is -2.12. The average Bonchev–Trinajstić information content (AvgIpc) is 3.14. The Hall–Kier alpha value is -3.39. The van der Waals surface area contributed by atoms with Crippen LogP contribution in [0, 0.1) is 3.57 Å². The highest BCUT2D eigenvalue weighted by molar-refractivity contribution is 14.1. The minimum atomic E-state index is -0.112. The van der Waals surface area contributed by atoms with Crippen molar-refractivity contribution >= 4 is 56.5 Å². The van der Waals surface area contributed by atoms with Crippen molar-refractivity contribution in [1.29, 1.82) is 0 Å². The van der Waals surface area contributed by atoms with E-state index in [-0.39, 0.29) is 5.56 Å². The first-order valence-electron chi connectivity index (χ1n) is 10.1. The van der Waals surface area contributed by atoms with Gasteiger partial charge >= 0.3 is 0 Å². The van der Waals surface area contributed by atoms with Crippen molar-refractivity contribution < 1.29 is 4.74 Å². The molecule has 0 aliphatic heterocycles. The van der Waals surface area contributed by atoms with E-state index in [0.29, 0.717) is 28.2 Å². The second kappa shape index (κ2) is 8.27. The third kappa shape index (κ3) is 3.60. The van der Waals surface area contributed by atoms with E-state index < -0.39 is 0 Å². The summed E-state index contributed by atoms with van der Waals surface area (Å²) >= 11 is 2.21. The Morgan fingerprint density at radius 3 is 2.66 bits per heavy atom. The van der Waals surface area contributed by atoms with E-state index in [1.54, 1.807) is 11.7 Å². The van der Waals surface area contributed by atoms with Gasteiger partial charge in [-0.2, -0.15) is 0 Å². The lowest BCUT2D eigenvalue weighted by Crippen LogP contribution is -2.22. The molecule has 0 saturated carbocycles. The third-order valence-corrected chi connectivity index (χ3v) is 6.18. The zero-order valence-electron chi connectivity index (χ0n) is 17.6. The van der Waals surface area contributed by atoms with Crippen LogP contribution < -0.4 is 10.3 Å². The molecule has 0 N–H and O–H groups in total. The summed E-state index contributed by atoms with van der Waals surface area (Å²) in [5.41, 5.74) is 3.49. The Kier molecular flexibility index (Phi) is 5.30. The van der Waals surface area contributed by atoms with Crippen LogP contribution in [0.25, 0.3) is 39.6 Å². The van der Waals surface area contributed by atoms with Crippen molar-refractivity contribution in [2.75, 3.05) is 7.11 Å². The minimum Gasteiger partial charge on any atom is -0.497 e. The second-order valence-corrected chi connectivity index (χ2v) is 8.76. The lowest BCUT2D eigenvalue weighted by atomic mass is 10.1. The molecule has 0 saturated heterocycles. The summed E-state index contributed by atoms with van der Waals surface area (Å²) in [5.74, 6) is 1.24. The zero-order valence-corrected chi connectivity index (χ0v) is 19.8. The van der Waals surface area contributed by atoms with Gasteiger partial charge in [0.1, 0.15) is 11.6 Å². The van der Waals surface area contributed by atoms with Gasteiger partial charge in [0.15, 0.2) is 0 Å². The van der Waals surface area contributed by atoms with Gasteiger partial charge in [0.05, 0.1) is 23.7 Å². The second-order valence-electron chi connectivity index (χ2n) is 7.52. The smallest absolute Gasteiger partial charge is 0.266 e. The molecule has 32 heavy (non-hydrogen) atoms. The van der Waals surface area contributed by atoms with E-state index in [2.05, 4.69) is 45.5 Å². The monoisotopic (exact) mass is 533 g/mol. The highest BCUT2D eigenvalue weighted by atomic mass is 127. The topological polar surface area (TPSA) is 49.0 Å². The number of benzene rings is 3. The number of methoxy groups -OCH3 is 1. The maximum absolute atomic E-state index is 13.6. The number of rotatable bonds is 4. The molecule has 2 aromatic heterocycles. The van der Waals surface area contributed by atoms with E-state index >= 15 is 0 Å². The molecule has 0 fully saturated rings. The van der Waals surface area contributed by atoms with Crippen LogP contribution in [-0.2, 0) is 7.05 Å². The highest BCUT2D eigenvalue weighted by Gasteiger charge is 2.13. The predicted octanol–water partition coefficient (Wildman–Crippen LogP) is 5.66. The molecule has 5 nitrogen and oxygen atoms in total. The van der Waals surface area contributed by atoms with Crippen LogP contribution in [0.3, 0.4) is 0 Å². The molecule has 5 rings (SSSR count). The van der Waals surface area contributed by atoms with Crippen molar-refractivity contribution in [2.45, 2.75) is 0 Å². The molecule has 0 aliphatic carbocycles. The molecule has 0 radical (unpaired) electrons. The molecule has 0 atom stereocenters. The summed E-state index contributed by atoms with van der Waals surface area (Å²) in [6.07, 6.45) is 6.00. The number of halogens is 1. The van der Waals surface area contributed by atoms with E-state index in [9.17, 15) is 4.79 Å². The molecule has 0 bridgehead atoms. The molecule has 0 aliphatic rings. The maximum atomic E-state index is 13.6. The Morgan fingerprint density at radius 2 is 1.81 bits per heavy atom. The number of para-hydroxylation sites is 1. The normalized spacial score (nSPS) is 11.6. The molecule has 0 spiro atoms. The number of nitrogens with zero attached hydrogens (tertiary/aromatic N) is 3. The van der Waals surface area contributed by atoms with E-state index in [0.717, 1.165) is 20.0 Å². The van der Waals surface area contributed by atoms with Gasteiger partial charge in [-0.15, -0.1) is 0 Å². The van der Waals surface area contributed by atoms with Crippen LogP contribution in [0.5, 0.6) is 5.75 Å². The number of ether oxygens (including phenoxy) is 1. The fraction of sp³-hybridized carbons (Fsp3) is 0.0769. The van der Waals surface area contributed by atoms with Gasteiger partial charge in [-0.05, 0) is 71.1 Å². The minimum absolute atomic E-state index is 0.112. The first kappa shape index (κ1) is 20.5. The largest absolute Gasteiger partial charge is 0.497 e. The SMILES string of the molecule is COc1cccc(-n2c(/C=C/c3cn(C)c4ccccc34)nc3ccc(I)cc3c2=O)c1. The van der Waals surface area contributed by atoms with Gasteiger partial charge in [0, 0.05) is 39.3 Å². The molecule has 2 heterocycles. The molecule has 158 valence electrons. The first-order valence-corrected chi connectivity index (χ1v) is 11.2. The van der Waals surface area contributed by atoms with Gasteiger partial charge in [0.2, 0.25) is 0 Å². The molecule has 0 unspecified atom stereocenters. The fourth-order valence-electron chi connectivity index (χ4n) is 3.96. The number of aromatic nitrogens is 3. The van der Waals surface area contributed by atoms with Crippen molar-refractivity contribution in [2.24, 2.45) is 7.05 Å². The summed E-state index contributed by atoms with van der Waals surface area (Å²) in [6.45, 7) is 0. The van der Waals surface area contributed by atoms with Gasteiger partial charge < -0.3 is 9.30 Å². The number of fused-ring (bicyclic) bond motifs is 2. The van der Waals surface area contributed by atoms with Gasteiger partial charge in [-0.25, -0.2) is 4.98 Å². The Bertz CT molecular complexity index is 1560. The summed E-state index contributed by atoms with van der Waals surface area (Å²) in [5, 5.41) is 1.74. The summed E-state index contributed by atoms with van der Waals surface area (Å²) in [6, 6.07) is 21.4. The van der Waals surface area contributed by atoms with Crippen molar-refractivity contribution in [3.63, 3.8) is 0 Å². The van der Waals surface area contributed by atoms with Crippen LogP contribution in [0.1, 0.15) is 11.4 Å². The molecule has 0 amide bonds. The van der Waals surface area contributed by atoms with Crippen LogP contribution in [-0.4, -0.2) is 21.2 Å². The van der Waals surface area contributed by atoms with Crippen molar-refractivity contribution in [1.82, 2.24) is 14.1 Å². The quantitative estimate of drug-likeness (QED) is 0.280. The fourth-order valence-corrected chi connectivity index (χ4v) is 4.45. The highest BCUT2D eigenvalue weighted by Crippen LogP contribution is 2.24. The van der Waals surface area contributed by atoms with E-state index in [4.69, 9.17) is 9.72 Å².